The van der Waals surface area contributed by atoms with E-state index in [0.717, 1.165) is 35.6 Å². The molecule has 1 aliphatic rings. The van der Waals surface area contributed by atoms with Gasteiger partial charge in [0.05, 0.1) is 12.3 Å². The van der Waals surface area contributed by atoms with Crippen molar-refractivity contribution in [3.63, 3.8) is 0 Å². The predicted octanol–water partition coefficient (Wildman–Crippen LogP) is 1.82. The summed E-state index contributed by atoms with van der Waals surface area (Å²) < 4.78 is 0. The van der Waals surface area contributed by atoms with Crippen LogP contribution in [-0.4, -0.2) is 51.7 Å². The Kier molecular flexibility index (Phi) is 5.69. The van der Waals surface area contributed by atoms with Gasteiger partial charge in [0, 0.05) is 62.4 Å². The lowest BCUT2D eigenvalue weighted by molar-refractivity contribution is 0.240. The first-order valence-corrected chi connectivity index (χ1v) is 9.80. The third kappa shape index (κ3) is 4.36. The van der Waals surface area contributed by atoms with Gasteiger partial charge >= 0.3 is 0 Å². The number of hydrogen-bond acceptors (Lipinski definition) is 6. The zero-order valence-corrected chi connectivity index (χ0v) is 16.5. The standard InChI is InChI=1S/C22H25N5O2/c1-26(11-12-28)18-6-4-16(5-7-18)14-27-10-8-19-20(15-27)24-21(25-22(19)29)17-3-2-9-23-13-17/h2-7,9,13,28H,8,10-12,14-15H2,1H3,(H,24,25,29). The first kappa shape index (κ1) is 19.3. The van der Waals surface area contributed by atoms with Crippen molar-refractivity contribution in [2.45, 2.75) is 19.5 Å². The molecule has 0 atom stereocenters. The quantitative estimate of drug-likeness (QED) is 0.667. The number of rotatable bonds is 6. The Morgan fingerprint density at radius 3 is 2.79 bits per heavy atom. The molecule has 1 aromatic carbocycles. The first-order chi connectivity index (χ1) is 14.1. The van der Waals surface area contributed by atoms with Gasteiger partial charge in [0.25, 0.3) is 5.56 Å². The zero-order chi connectivity index (χ0) is 20.2. The van der Waals surface area contributed by atoms with Gasteiger partial charge in [0.15, 0.2) is 0 Å². The van der Waals surface area contributed by atoms with E-state index in [2.05, 4.69) is 39.1 Å². The van der Waals surface area contributed by atoms with Gasteiger partial charge in [0.1, 0.15) is 5.82 Å². The summed E-state index contributed by atoms with van der Waals surface area (Å²) in [5.41, 5.74) is 4.69. The van der Waals surface area contributed by atoms with E-state index >= 15 is 0 Å². The molecule has 7 nitrogen and oxygen atoms in total. The van der Waals surface area contributed by atoms with Gasteiger partial charge in [0.2, 0.25) is 0 Å². The Morgan fingerprint density at radius 2 is 2.07 bits per heavy atom. The maximum absolute atomic E-state index is 12.5. The van der Waals surface area contributed by atoms with Crippen molar-refractivity contribution in [1.29, 1.82) is 0 Å². The number of pyridine rings is 1. The number of fused-ring (bicyclic) bond motifs is 1. The Balaban J connectivity index is 1.50. The number of aliphatic hydroxyl groups is 1. The highest BCUT2D eigenvalue weighted by atomic mass is 16.3. The van der Waals surface area contributed by atoms with Crippen LogP contribution < -0.4 is 10.5 Å². The summed E-state index contributed by atoms with van der Waals surface area (Å²) in [6.45, 7) is 3.04. The maximum Gasteiger partial charge on any atom is 0.254 e. The molecule has 7 heteroatoms. The van der Waals surface area contributed by atoms with Gasteiger partial charge in [-0.2, -0.15) is 0 Å². The normalized spacial score (nSPS) is 13.9. The van der Waals surface area contributed by atoms with Crippen molar-refractivity contribution in [2.24, 2.45) is 0 Å². The highest BCUT2D eigenvalue weighted by Gasteiger charge is 2.21. The molecule has 0 aliphatic carbocycles. The predicted molar refractivity (Wildman–Crippen MR) is 113 cm³/mol. The van der Waals surface area contributed by atoms with E-state index in [0.29, 0.717) is 25.3 Å². The zero-order valence-electron chi connectivity index (χ0n) is 16.5. The number of likely N-dealkylation sites (N-methyl/N-ethyl adjacent to an activating group) is 1. The van der Waals surface area contributed by atoms with E-state index in [9.17, 15) is 4.79 Å². The number of aromatic amines is 1. The summed E-state index contributed by atoms with van der Waals surface area (Å²) in [5, 5.41) is 9.08. The monoisotopic (exact) mass is 391 g/mol. The first-order valence-electron chi connectivity index (χ1n) is 9.80. The number of H-pyrrole nitrogens is 1. The van der Waals surface area contributed by atoms with Gasteiger partial charge in [-0.15, -0.1) is 0 Å². The van der Waals surface area contributed by atoms with Crippen molar-refractivity contribution in [3.8, 4) is 11.4 Å². The number of benzene rings is 1. The van der Waals surface area contributed by atoms with Crippen LogP contribution in [0.1, 0.15) is 16.8 Å². The second-order valence-corrected chi connectivity index (χ2v) is 7.35. The average Bonchev–Trinajstić information content (AvgIpc) is 2.75. The molecule has 0 fully saturated rings. The van der Waals surface area contributed by atoms with Crippen LogP contribution in [-0.2, 0) is 19.5 Å². The molecule has 2 aromatic heterocycles. The number of anilines is 1. The van der Waals surface area contributed by atoms with Gasteiger partial charge in [-0.3, -0.25) is 14.7 Å². The van der Waals surface area contributed by atoms with Crippen LogP contribution in [0.25, 0.3) is 11.4 Å². The van der Waals surface area contributed by atoms with Crippen molar-refractivity contribution in [1.82, 2.24) is 19.9 Å². The fourth-order valence-corrected chi connectivity index (χ4v) is 3.66. The molecule has 4 rings (SSSR count). The summed E-state index contributed by atoms with van der Waals surface area (Å²) >= 11 is 0. The van der Waals surface area contributed by atoms with Crippen molar-refractivity contribution < 1.29 is 5.11 Å². The summed E-state index contributed by atoms with van der Waals surface area (Å²) in [4.78, 5) is 28.6. The number of aromatic nitrogens is 3. The highest BCUT2D eigenvalue weighted by Crippen LogP contribution is 2.21. The van der Waals surface area contributed by atoms with Gasteiger partial charge in [-0.1, -0.05) is 12.1 Å². The Bertz CT molecular complexity index is 1020. The largest absolute Gasteiger partial charge is 0.395 e. The topological polar surface area (TPSA) is 85.3 Å². The molecule has 2 N–H and O–H groups in total. The van der Waals surface area contributed by atoms with Crippen LogP contribution in [0.4, 0.5) is 5.69 Å². The summed E-state index contributed by atoms with van der Waals surface area (Å²) in [7, 11) is 1.97. The van der Waals surface area contributed by atoms with Gasteiger partial charge < -0.3 is 15.0 Å². The number of aliphatic hydroxyl groups excluding tert-OH is 1. The molecular weight excluding hydrogens is 366 g/mol. The van der Waals surface area contributed by atoms with Crippen molar-refractivity contribution in [2.75, 3.05) is 31.6 Å². The van der Waals surface area contributed by atoms with Gasteiger partial charge in [-0.25, -0.2) is 4.98 Å². The van der Waals surface area contributed by atoms with Crippen LogP contribution in [0.2, 0.25) is 0 Å². The smallest absolute Gasteiger partial charge is 0.254 e. The van der Waals surface area contributed by atoms with Crippen LogP contribution in [0.15, 0.2) is 53.6 Å². The molecule has 1 aliphatic heterocycles. The third-order valence-electron chi connectivity index (χ3n) is 5.31. The van der Waals surface area contributed by atoms with E-state index < -0.39 is 0 Å². The Morgan fingerprint density at radius 1 is 1.24 bits per heavy atom. The fraction of sp³-hybridized carbons (Fsp3) is 0.318. The van der Waals surface area contributed by atoms with E-state index in [4.69, 9.17) is 10.1 Å². The lowest BCUT2D eigenvalue weighted by Gasteiger charge is -2.28. The number of nitrogens with zero attached hydrogens (tertiary/aromatic N) is 4. The molecule has 0 spiro atoms. The molecule has 3 aromatic rings. The van der Waals surface area contributed by atoms with E-state index in [1.54, 1.807) is 12.4 Å². The number of nitrogens with one attached hydrogen (secondary N) is 1. The molecule has 0 saturated heterocycles. The minimum Gasteiger partial charge on any atom is -0.395 e. The van der Waals surface area contributed by atoms with Gasteiger partial charge in [-0.05, 0) is 36.2 Å². The molecule has 29 heavy (non-hydrogen) atoms. The van der Waals surface area contributed by atoms with E-state index in [-0.39, 0.29) is 12.2 Å². The van der Waals surface area contributed by atoms with Crippen LogP contribution in [0, 0.1) is 0 Å². The highest BCUT2D eigenvalue weighted by molar-refractivity contribution is 5.53. The SMILES string of the molecule is CN(CCO)c1ccc(CN2CCc3c(nc(-c4cccnc4)[nH]c3=O)C2)cc1. The minimum atomic E-state index is -0.0511. The molecule has 0 radical (unpaired) electrons. The molecule has 3 heterocycles. The molecule has 0 amide bonds. The van der Waals surface area contributed by atoms with Crippen LogP contribution in [0.5, 0.6) is 0 Å². The molecular formula is C22H25N5O2. The van der Waals surface area contributed by atoms with Crippen molar-refractivity contribution in [3.05, 3.63) is 76.0 Å². The lowest BCUT2D eigenvalue weighted by Crippen LogP contribution is -2.35. The summed E-state index contributed by atoms with van der Waals surface area (Å²) in [6.07, 6.45) is 4.11. The summed E-state index contributed by atoms with van der Waals surface area (Å²) in [6, 6.07) is 12.1. The van der Waals surface area contributed by atoms with E-state index in [1.807, 2.05) is 24.1 Å². The average molecular weight is 391 g/mol. The van der Waals surface area contributed by atoms with Crippen LogP contribution in [0.3, 0.4) is 0 Å². The van der Waals surface area contributed by atoms with E-state index in [1.165, 1.54) is 5.56 Å². The molecule has 0 saturated carbocycles. The third-order valence-corrected chi connectivity index (χ3v) is 5.31. The Labute approximate surface area is 169 Å². The van der Waals surface area contributed by atoms with Crippen LogP contribution >= 0.6 is 0 Å². The minimum absolute atomic E-state index is 0.0511. The second kappa shape index (κ2) is 8.55. The fourth-order valence-electron chi connectivity index (χ4n) is 3.66. The number of hydrogen-bond donors (Lipinski definition) is 2. The maximum atomic E-state index is 12.5. The molecule has 0 unspecified atom stereocenters. The lowest BCUT2D eigenvalue weighted by atomic mass is 10.0. The van der Waals surface area contributed by atoms with Crippen molar-refractivity contribution >= 4 is 5.69 Å². The Hall–Kier alpha value is -3.03. The molecule has 0 bridgehead atoms. The summed E-state index contributed by atoms with van der Waals surface area (Å²) in [5.74, 6) is 0.569. The molecule has 150 valence electrons. The second-order valence-electron chi connectivity index (χ2n) is 7.35.